The van der Waals surface area contributed by atoms with Crippen molar-refractivity contribution in [3.63, 3.8) is 0 Å². The van der Waals surface area contributed by atoms with Gasteiger partial charge >= 0.3 is 0 Å². The van der Waals surface area contributed by atoms with E-state index in [1.54, 1.807) is 0 Å². The number of hydrogen-bond donors (Lipinski definition) is 1. The number of aliphatic hydroxyl groups excluding tert-OH is 1. The van der Waals surface area contributed by atoms with Gasteiger partial charge in [-0.3, -0.25) is 4.79 Å². The quantitative estimate of drug-likeness (QED) is 0.591. The molecule has 0 radical (unpaired) electrons. The smallest absolute Gasteiger partial charge is 0.162 e. The SMILES string of the molecule is C/C1=C/[C@@H](O)C[C@]2(C)O[C@@H]2C[C@]2(C)C(=O)C=C(C(C)C)[C@H]2CC1. The number of ether oxygens (including phenoxy) is 1. The molecule has 3 heteroatoms. The van der Waals surface area contributed by atoms with Crippen molar-refractivity contribution in [2.45, 2.75) is 78.1 Å². The molecule has 1 aliphatic heterocycles. The van der Waals surface area contributed by atoms with Crippen LogP contribution in [0.15, 0.2) is 23.3 Å². The lowest BCUT2D eigenvalue weighted by Gasteiger charge is -2.33. The number of fused-ring (bicyclic) bond motifs is 2. The van der Waals surface area contributed by atoms with Crippen molar-refractivity contribution in [1.29, 1.82) is 0 Å². The Hall–Kier alpha value is -0.930. The summed E-state index contributed by atoms with van der Waals surface area (Å²) in [4.78, 5) is 12.8. The van der Waals surface area contributed by atoms with E-state index in [4.69, 9.17) is 4.74 Å². The van der Waals surface area contributed by atoms with Gasteiger partial charge in [0.05, 0.1) is 17.8 Å². The molecule has 23 heavy (non-hydrogen) atoms. The number of carbonyl (C=O) groups is 1. The third-order valence-electron chi connectivity index (χ3n) is 6.26. The molecule has 1 saturated heterocycles. The van der Waals surface area contributed by atoms with Gasteiger partial charge in [-0.2, -0.15) is 0 Å². The minimum atomic E-state index is -0.452. The van der Waals surface area contributed by atoms with E-state index in [1.165, 1.54) is 11.1 Å². The highest BCUT2D eigenvalue weighted by Gasteiger charge is 2.58. The standard InChI is InChI=1S/C20H30O3/c1-12(2)15-9-17(22)19(4)11-18-20(5,23-18)10-14(21)8-13(3)6-7-16(15)19/h8-9,12,14,16,18,21H,6-7,10-11H2,1-5H3/b13-8-/t14-,16-,18-,19+,20+/m1/s1. The number of carbonyl (C=O) groups excluding carboxylic acids is 1. The van der Waals surface area contributed by atoms with E-state index in [0.717, 1.165) is 19.3 Å². The first-order chi connectivity index (χ1) is 10.7. The summed E-state index contributed by atoms with van der Waals surface area (Å²) in [5.41, 5.74) is 1.88. The van der Waals surface area contributed by atoms with E-state index < -0.39 is 6.10 Å². The Morgan fingerprint density at radius 1 is 1.30 bits per heavy atom. The number of allylic oxidation sites excluding steroid dienone is 3. The average Bonchev–Trinajstić information content (AvgIpc) is 2.95. The first kappa shape index (κ1) is 16.9. The number of hydrogen-bond acceptors (Lipinski definition) is 3. The minimum Gasteiger partial charge on any atom is -0.389 e. The first-order valence-electron chi connectivity index (χ1n) is 8.95. The Bertz CT molecular complexity index is 573. The summed E-state index contributed by atoms with van der Waals surface area (Å²) in [5, 5.41) is 10.3. The molecule has 3 nitrogen and oxygen atoms in total. The van der Waals surface area contributed by atoms with Crippen LogP contribution < -0.4 is 0 Å². The second kappa shape index (κ2) is 5.56. The van der Waals surface area contributed by atoms with Crippen molar-refractivity contribution in [3.05, 3.63) is 23.3 Å². The van der Waals surface area contributed by atoms with Gasteiger partial charge in [0.15, 0.2) is 5.78 Å². The second-order valence-corrected chi connectivity index (χ2v) is 8.58. The molecule has 0 aromatic heterocycles. The topological polar surface area (TPSA) is 49.8 Å². The maximum absolute atomic E-state index is 12.8. The predicted molar refractivity (Wildman–Crippen MR) is 91.0 cm³/mol. The third kappa shape index (κ3) is 2.94. The average molecular weight is 318 g/mol. The maximum atomic E-state index is 12.8. The number of aliphatic hydroxyl groups is 1. The molecule has 0 bridgehead atoms. The molecule has 0 amide bonds. The zero-order chi connectivity index (χ0) is 17.0. The normalized spacial score (nSPS) is 46.4. The van der Waals surface area contributed by atoms with Gasteiger partial charge in [0.25, 0.3) is 0 Å². The number of epoxide rings is 1. The Labute approximate surface area is 139 Å². The highest BCUT2D eigenvalue weighted by molar-refractivity contribution is 5.98. The molecule has 1 heterocycles. The van der Waals surface area contributed by atoms with Gasteiger partial charge < -0.3 is 9.84 Å². The van der Waals surface area contributed by atoms with Gasteiger partial charge in [-0.15, -0.1) is 0 Å². The van der Waals surface area contributed by atoms with Crippen LogP contribution in [0.2, 0.25) is 0 Å². The fraction of sp³-hybridized carbons (Fsp3) is 0.750. The fourth-order valence-corrected chi connectivity index (χ4v) is 4.62. The van der Waals surface area contributed by atoms with Crippen LogP contribution in [0.1, 0.15) is 60.3 Å². The lowest BCUT2D eigenvalue weighted by Crippen LogP contribution is -2.34. The monoisotopic (exact) mass is 318 g/mol. The molecular weight excluding hydrogens is 288 g/mol. The van der Waals surface area contributed by atoms with E-state index >= 15 is 0 Å². The van der Waals surface area contributed by atoms with Crippen LogP contribution in [0, 0.1) is 17.3 Å². The van der Waals surface area contributed by atoms with E-state index in [2.05, 4.69) is 34.6 Å². The second-order valence-electron chi connectivity index (χ2n) is 8.58. The lowest BCUT2D eigenvalue weighted by atomic mass is 9.68. The van der Waals surface area contributed by atoms with Crippen LogP contribution in [-0.2, 0) is 9.53 Å². The Morgan fingerprint density at radius 3 is 2.65 bits per heavy atom. The van der Waals surface area contributed by atoms with Crippen LogP contribution in [0.4, 0.5) is 0 Å². The molecule has 128 valence electrons. The van der Waals surface area contributed by atoms with Gasteiger partial charge in [-0.1, -0.05) is 38.0 Å². The fourth-order valence-electron chi connectivity index (χ4n) is 4.62. The Balaban J connectivity index is 1.94. The van der Waals surface area contributed by atoms with Gasteiger partial charge in [0.2, 0.25) is 0 Å². The van der Waals surface area contributed by atoms with Gasteiger partial charge in [-0.05, 0) is 51.0 Å². The summed E-state index contributed by atoms with van der Waals surface area (Å²) in [6.07, 6.45) is 6.82. The lowest BCUT2D eigenvalue weighted by molar-refractivity contribution is -0.124. The summed E-state index contributed by atoms with van der Waals surface area (Å²) in [7, 11) is 0. The van der Waals surface area contributed by atoms with Crippen molar-refractivity contribution in [1.82, 2.24) is 0 Å². The Kier molecular flexibility index (Phi) is 4.09. The molecule has 0 unspecified atom stereocenters. The number of rotatable bonds is 1. The molecule has 2 aliphatic carbocycles. The highest BCUT2D eigenvalue weighted by Crippen LogP contribution is 2.54. The first-order valence-corrected chi connectivity index (χ1v) is 8.95. The molecule has 3 aliphatic rings. The molecule has 5 atom stereocenters. The summed E-state index contributed by atoms with van der Waals surface area (Å²) >= 11 is 0. The van der Waals surface area contributed by atoms with Crippen molar-refractivity contribution in [2.75, 3.05) is 0 Å². The van der Waals surface area contributed by atoms with E-state index in [-0.39, 0.29) is 22.9 Å². The van der Waals surface area contributed by atoms with Gasteiger partial charge in [0, 0.05) is 11.8 Å². The minimum absolute atomic E-state index is 0.0836. The third-order valence-corrected chi connectivity index (χ3v) is 6.26. The van der Waals surface area contributed by atoms with Crippen molar-refractivity contribution >= 4 is 5.78 Å². The van der Waals surface area contributed by atoms with Crippen LogP contribution in [-0.4, -0.2) is 28.7 Å². The molecule has 0 saturated carbocycles. The van der Waals surface area contributed by atoms with Crippen LogP contribution in [0.25, 0.3) is 0 Å². The molecular formula is C20H30O3. The molecule has 3 rings (SSSR count). The van der Waals surface area contributed by atoms with Crippen molar-refractivity contribution in [2.24, 2.45) is 17.3 Å². The highest BCUT2D eigenvalue weighted by atomic mass is 16.6. The zero-order valence-electron chi connectivity index (χ0n) is 15.1. The maximum Gasteiger partial charge on any atom is 0.162 e. The summed E-state index contributed by atoms with van der Waals surface area (Å²) in [5.74, 6) is 0.963. The summed E-state index contributed by atoms with van der Waals surface area (Å²) < 4.78 is 5.94. The summed E-state index contributed by atoms with van der Waals surface area (Å²) in [6, 6.07) is 0. The van der Waals surface area contributed by atoms with E-state index in [9.17, 15) is 9.90 Å². The molecule has 0 spiro atoms. The molecule has 1 N–H and O–H groups in total. The van der Waals surface area contributed by atoms with Gasteiger partial charge in [0.1, 0.15) is 0 Å². The van der Waals surface area contributed by atoms with Gasteiger partial charge in [-0.25, -0.2) is 0 Å². The van der Waals surface area contributed by atoms with Crippen LogP contribution in [0.3, 0.4) is 0 Å². The zero-order valence-corrected chi connectivity index (χ0v) is 15.1. The summed E-state index contributed by atoms with van der Waals surface area (Å²) in [6.45, 7) is 10.6. The molecule has 0 aromatic carbocycles. The molecule has 1 fully saturated rings. The number of ketones is 1. The van der Waals surface area contributed by atoms with Crippen molar-refractivity contribution in [3.8, 4) is 0 Å². The van der Waals surface area contributed by atoms with Crippen LogP contribution >= 0.6 is 0 Å². The van der Waals surface area contributed by atoms with E-state index in [1.807, 2.05) is 12.2 Å². The molecule has 0 aromatic rings. The van der Waals surface area contributed by atoms with E-state index in [0.29, 0.717) is 18.3 Å². The largest absolute Gasteiger partial charge is 0.389 e. The van der Waals surface area contributed by atoms with Crippen LogP contribution in [0.5, 0.6) is 0 Å². The Morgan fingerprint density at radius 2 is 2.00 bits per heavy atom. The predicted octanol–water partition coefficient (Wildman–Crippen LogP) is 3.81. The van der Waals surface area contributed by atoms with Crippen molar-refractivity contribution < 1.29 is 14.6 Å².